The maximum atomic E-state index is 11.0. The van der Waals surface area contributed by atoms with Crippen LogP contribution in [0.1, 0.15) is 17.3 Å². The van der Waals surface area contributed by atoms with E-state index in [0.717, 1.165) is 5.69 Å². The van der Waals surface area contributed by atoms with Gasteiger partial charge in [-0.05, 0) is 43.1 Å². The largest absolute Gasteiger partial charge is 0.468 e. The van der Waals surface area contributed by atoms with Gasteiger partial charge in [-0.1, -0.05) is 0 Å². The second-order valence-corrected chi connectivity index (χ2v) is 3.88. The van der Waals surface area contributed by atoms with E-state index in [1.807, 2.05) is 0 Å². The van der Waals surface area contributed by atoms with Crippen LogP contribution in [0.3, 0.4) is 0 Å². The van der Waals surface area contributed by atoms with Crippen LogP contribution in [0.5, 0.6) is 0 Å². The average molecular weight is 239 g/mol. The quantitative estimate of drug-likeness (QED) is 0.484. The number of ether oxygens (including phenoxy) is 1. The molecule has 0 saturated heterocycles. The molecule has 0 unspecified atom stereocenters. The number of ketones is 1. The van der Waals surface area contributed by atoms with Gasteiger partial charge in [0, 0.05) is 11.3 Å². The molecule has 1 aromatic carbocycles. The molecule has 0 aromatic heterocycles. The number of rotatable bonds is 5. The third kappa shape index (κ3) is 3.94. The number of benzene rings is 1. The Bertz CT molecular complexity index is 375. The van der Waals surface area contributed by atoms with Gasteiger partial charge in [-0.15, -0.1) is 0 Å². The number of nitrogens with one attached hydrogen (secondary N) is 1. The first-order valence-electron chi connectivity index (χ1n) is 4.69. The monoisotopic (exact) mass is 239 g/mol. The number of carbonyl (C=O) groups excluding carboxylic acids is 2. The molecule has 0 radical (unpaired) electrons. The lowest BCUT2D eigenvalue weighted by atomic mass is 10.1. The van der Waals surface area contributed by atoms with Crippen LogP contribution in [0.25, 0.3) is 0 Å². The van der Waals surface area contributed by atoms with E-state index in [0.29, 0.717) is 5.56 Å². The van der Waals surface area contributed by atoms with Crippen LogP contribution in [-0.4, -0.2) is 24.6 Å². The smallest absolute Gasteiger partial charge is 0.317 e. The minimum Gasteiger partial charge on any atom is -0.468 e. The number of esters is 1. The van der Waals surface area contributed by atoms with E-state index in [9.17, 15) is 9.59 Å². The molecule has 0 amide bonds. The van der Waals surface area contributed by atoms with Gasteiger partial charge >= 0.3 is 5.97 Å². The molecule has 1 aromatic rings. The van der Waals surface area contributed by atoms with E-state index in [2.05, 4.69) is 9.46 Å². The van der Waals surface area contributed by atoms with Crippen molar-refractivity contribution < 1.29 is 14.3 Å². The summed E-state index contributed by atoms with van der Waals surface area (Å²) in [5, 5.41) is 0. The van der Waals surface area contributed by atoms with Crippen molar-refractivity contribution in [3.63, 3.8) is 0 Å². The highest BCUT2D eigenvalue weighted by molar-refractivity contribution is 8.01. The molecule has 0 atom stereocenters. The highest BCUT2D eigenvalue weighted by Gasteiger charge is 2.01. The first kappa shape index (κ1) is 12.6. The van der Waals surface area contributed by atoms with Crippen LogP contribution in [-0.2, 0) is 9.53 Å². The molecule has 0 aliphatic carbocycles. The molecule has 4 nitrogen and oxygen atoms in total. The molecule has 0 fully saturated rings. The average Bonchev–Trinajstić information content (AvgIpc) is 2.29. The van der Waals surface area contributed by atoms with Gasteiger partial charge < -0.3 is 9.46 Å². The first-order chi connectivity index (χ1) is 7.63. The molecule has 86 valence electrons. The summed E-state index contributed by atoms with van der Waals surface area (Å²) in [5.41, 5.74) is 1.52. The molecule has 0 heterocycles. The van der Waals surface area contributed by atoms with Gasteiger partial charge in [-0.25, -0.2) is 0 Å². The van der Waals surface area contributed by atoms with Crippen molar-refractivity contribution in [1.82, 2.24) is 0 Å². The highest BCUT2D eigenvalue weighted by Crippen LogP contribution is 2.14. The van der Waals surface area contributed by atoms with Gasteiger partial charge in [0.2, 0.25) is 0 Å². The predicted octanol–water partition coefficient (Wildman–Crippen LogP) is 2.12. The lowest BCUT2D eigenvalue weighted by molar-refractivity contribution is -0.137. The maximum Gasteiger partial charge on any atom is 0.317 e. The fourth-order valence-corrected chi connectivity index (χ4v) is 1.62. The summed E-state index contributed by atoms with van der Waals surface area (Å²) in [6.45, 7) is 1.52. The summed E-state index contributed by atoms with van der Waals surface area (Å²) in [6, 6.07) is 7.06. The minimum absolute atomic E-state index is 0.0359. The van der Waals surface area contributed by atoms with Gasteiger partial charge in [0.15, 0.2) is 5.78 Å². The lowest BCUT2D eigenvalue weighted by Crippen LogP contribution is -2.05. The van der Waals surface area contributed by atoms with Crippen LogP contribution in [0.15, 0.2) is 24.3 Å². The van der Waals surface area contributed by atoms with E-state index in [-0.39, 0.29) is 17.5 Å². The summed E-state index contributed by atoms with van der Waals surface area (Å²) in [7, 11) is 1.35. The Balaban J connectivity index is 2.43. The summed E-state index contributed by atoms with van der Waals surface area (Å²) in [5.74, 6) is -0.00284. The van der Waals surface area contributed by atoms with Gasteiger partial charge in [-0.3, -0.25) is 9.59 Å². The minimum atomic E-state index is -0.280. The van der Waals surface area contributed by atoms with Crippen molar-refractivity contribution in [3.05, 3.63) is 29.8 Å². The Morgan fingerprint density at radius 1 is 1.31 bits per heavy atom. The maximum absolute atomic E-state index is 11.0. The summed E-state index contributed by atoms with van der Waals surface area (Å²) in [6.07, 6.45) is 0. The van der Waals surface area contributed by atoms with E-state index < -0.39 is 0 Å². The molecule has 0 spiro atoms. The molecule has 5 heteroatoms. The van der Waals surface area contributed by atoms with Crippen LogP contribution in [0.4, 0.5) is 5.69 Å². The lowest BCUT2D eigenvalue weighted by Gasteiger charge is -2.04. The normalized spacial score (nSPS) is 9.62. The second kappa shape index (κ2) is 6.17. The van der Waals surface area contributed by atoms with Gasteiger partial charge in [0.1, 0.15) is 5.75 Å². The van der Waals surface area contributed by atoms with Crippen molar-refractivity contribution in [1.29, 1.82) is 0 Å². The zero-order valence-corrected chi connectivity index (χ0v) is 9.97. The van der Waals surface area contributed by atoms with E-state index >= 15 is 0 Å². The molecule has 0 aliphatic heterocycles. The van der Waals surface area contributed by atoms with Crippen LogP contribution >= 0.6 is 11.9 Å². The zero-order chi connectivity index (χ0) is 12.0. The highest BCUT2D eigenvalue weighted by atomic mass is 32.2. The van der Waals surface area contributed by atoms with E-state index in [1.54, 1.807) is 24.3 Å². The summed E-state index contributed by atoms with van der Waals surface area (Å²) in [4.78, 5) is 21.8. The Morgan fingerprint density at radius 3 is 2.44 bits per heavy atom. The standard InChI is InChI=1S/C11H13NO3S/c1-8(13)9-3-5-10(6-4-9)12-16-7-11(14)15-2/h3-6,12H,7H2,1-2H3. The molecule has 0 aliphatic rings. The van der Waals surface area contributed by atoms with E-state index in [4.69, 9.17) is 0 Å². The van der Waals surface area contributed by atoms with Crippen LogP contribution in [0.2, 0.25) is 0 Å². The molecular weight excluding hydrogens is 226 g/mol. The first-order valence-corrected chi connectivity index (χ1v) is 5.67. The van der Waals surface area contributed by atoms with Gasteiger partial charge in [-0.2, -0.15) is 0 Å². The number of carbonyl (C=O) groups is 2. The predicted molar refractivity (Wildman–Crippen MR) is 64.5 cm³/mol. The van der Waals surface area contributed by atoms with Crippen molar-refractivity contribution in [2.24, 2.45) is 0 Å². The summed E-state index contributed by atoms with van der Waals surface area (Å²) < 4.78 is 7.47. The second-order valence-electron chi connectivity index (χ2n) is 3.10. The molecule has 16 heavy (non-hydrogen) atoms. The number of anilines is 1. The van der Waals surface area contributed by atoms with Crippen LogP contribution in [0, 0.1) is 0 Å². The van der Waals surface area contributed by atoms with Crippen molar-refractivity contribution >= 4 is 29.4 Å². The third-order valence-electron chi connectivity index (χ3n) is 1.90. The molecule has 0 bridgehead atoms. The third-order valence-corrected chi connectivity index (χ3v) is 2.66. The fraction of sp³-hybridized carbons (Fsp3) is 0.273. The van der Waals surface area contributed by atoms with Gasteiger partial charge in [0.05, 0.1) is 7.11 Å². The zero-order valence-electron chi connectivity index (χ0n) is 9.15. The van der Waals surface area contributed by atoms with Crippen molar-refractivity contribution in [2.45, 2.75) is 6.92 Å². The number of hydrogen-bond acceptors (Lipinski definition) is 5. The van der Waals surface area contributed by atoms with E-state index in [1.165, 1.54) is 26.0 Å². The molecule has 0 saturated carbocycles. The summed E-state index contributed by atoms with van der Waals surface area (Å²) >= 11 is 1.24. The van der Waals surface area contributed by atoms with Gasteiger partial charge in [0.25, 0.3) is 0 Å². The molecular formula is C11H13NO3S. The van der Waals surface area contributed by atoms with Crippen molar-refractivity contribution in [2.75, 3.05) is 17.6 Å². The number of methoxy groups -OCH3 is 1. The fourth-order valence-electron chi connectivity index (χ4n) is 1.01. The SMILES string of the molecule is COC(=O)CSNc1ccc(C(C)=O)cc1. The van der Waals surface area contributed by atoms with Crippen LogP contribution < -0.4 is 4.72 Å². The molecule has 1 rings (SSSR count). The Morgan fingerprint density at radius 2 is 1.94 bits per heavy atom. The Labute approximate surface area is 98.5 Å². The topological polar surface area (TPSA) is 55.4 Å². The number of hydrogen-bond donors (Lipinski definition) is 1. The molecule has 1 N–H and O–H groups in total. The van der Waals surface area contributed by atoms with Crippen molar-refractivity contribution in [3.8, 4) is 0 Å². The number of Topliss-reactive ketones (excluding diaryl/α,β-unsaturated/α-hetero) is 1. The Hall–Kier alpha value is -1.49. The Kier molecular flexibility index (Phi) is 4.85.